The van der Waals surface area contributed by atoms with Crippen molar-refractivity contribution in [3.63, 3.8) is 0 Å². The summed E-state index contributed by atoms with van der Waals surface area (Å²) >= 11 is 0. The van der Waals surface area contributed by atoms with Gasteiger partial charge in [0.25, 0.3) is 0 Å². The second-order valence-corrected chi connectivity index (χ2v) is 5.94. The molecule has 0 fully saturated rings. The first-order chi connectivity index (χ1) is 12.4. The molecule has 0 radical (unpaired) electrons. The number of hydrogen-bond donors (Lipinski definition) is 2. The van der Waals surface area contributed by atoms with Gasteiger partial charge in [0.2, 0.25) is 5.78 Å². The highest BCUT2D eigenvalue weighted by atomic mass is 16.5. The van der Waals surface area contributed by atoms with Gasteiger partial charge in [0.05, 0.1) is 7.11 Å². The van der Waals surface area contributed by atoms with E-state index in [4.69, 9.17) is 9.47 Å². The van der Waals surface area contributed by atoms with Crippen LogP contribution in [0.2, 0.25) is 0 Å². The minimum absolute atomic E-state index is 0.0559. The fourth-order valence-corrected chi connectivity index (χ4v) is 2.93. The Labute approximate surface area is 150 Å². The number of benzene rings is 2. The number of nitrogens with one attached hydrogen (secondary N) is 1. The fourth-order valence-electron chi connectivity index (χ4n) is 2.93. The molecule has 3 aromatic rings. The Morgan fingerprint density at radius 1 is 1.12 bits per heavy atom. The van der Waals surface area contributed by atoms with Crippen molar-refractivity contribution in [3.8, 4) is 11.5 Å². The summed E-state index contributed by atoms with van der Waals surface area (Å²) in [5.41, 5.74) is 2.00. The number of ether oxygens (including phenoxy) is 2. The van der Waals surface area contributed by atoms with Crippen LogP contribution >= 0.6 is 0 Å². The molecule has 134 valence electrons. The molecular weight excluding hydrogens is 334 g/mol. The molecule has 0 unspecified atom stereocenters. The van der Waals surface area contributed by atoms with Crippen LogP contribution < -0.4 is 4.74 Å². The number of phenols is 1. The van der Waals surface area contributed by atoms with Crippen molar-refractivity contribution >= 4 is 22.7 Å². The van der Waals surface area contributed by atoms with Gasteiger partial charge >= 0.3 is 5.97 Å². The van der Waals surface area contributed by atoms with E-state index < -0.39 is 12.1 Å². The predicted octanol–water partition coefficient (Wildman–Crippen LogP) is 3.62. The molecule has 0 aliphatic heterocycles. The van der Waals surface area contributed by atoms with Crippen molar-refractivity contribution in [3.05, 3.63) is 59.3 Å². The van der Waals surface area contributed by atoms with Gasteiger partial charge in [0.1, 0.15) is 5.56 Å². The highest BCUT2D eigenvalue weighted by Gasteiger charge is 2.26. The van der Waals surface area contributed by atoms with E-state index >= 15 is 0 Å². The lowest BCUT2D eigenvalue weighted by atomic mass is 10.0. The van der Waals surface area contributed by atoms with E-state index in [9.17, 15) is 14.7 Å². The van der Waals surface area contributed by atoms with Gasteiger partial charge < -0.3 is 19.6 Å². The summed E-state index contributed by atoms with van der Waals surface area (Å²) < 4.78 is 10.3. The van der Waals surface area contributed by atoms with E-state index in [0.29, 0.717) is 11.3 Å². The third kappa shape index (κ3) is 3.01. The quantitative estimate of drug-likeness (QED) is 0.540. The molecule has 0 saturated heterocycles. The number of aromatic nitrogens is 1. The fraction of sp³-hybridized carbons (Fsp3) is 0.200. The molecule has 0 aliphatic carbocycles. The summed E-state index contributed by atoms with van der Waals surface area (Å²) in [4.78, 5) is 28.4. The van der Waals surface area contributed by atoms with E-state index in [1.54, 1.807) is 13.0 Å². The number of Topliss-reactive ketones (excluding diaryl/α,β-unsaturated/α-hetero) is 1. The van der Waals surface area contributed by atoms with Crippen LogP contribution in [0.3, 0.4) is 0 Å². The molecule has 0 spiro atoms. The van der Waals surface area contributed by atoms with Crippen LogP contribution in [-0.4, -0.2) is 35.1 Å². The molecule has 1 atom stereocenters. The maximum atomic E-state index is 12.8. The third-order valence-corrected chi connectivity index (χ3v) is 4.23. The van der Waals surface area contributed by atoms with E-state index in [2.05, 4.69) is 4.98 Å². The second kappa shape index (κ2) is 6.92. The number of aromatic amines is 1. The first kappa shape index (κ1) is 17.5. The third-order valence-electron chi connectivity index (χ3n) is 4.23. The number of aromatic hydroxyl groups is 1. The lowest BCUT2D eigenvalue weighted by molar-refractivity contribution is 0.0316. The number of carbonyl (C=O) groups is 2. The van der Waals surface area contributed by atoms with Gasteiger partial charge in [-0.1, -0.05) is 24.3 Å². The number of phenolic OH excluding ortho intramolecular Hbond substituents is 1. The van der Waals surface area contributed by atoms with Crippen LogP contribution in [0, 0.1) is 6.92 Å². The molecule has 6 heteroatoms. The SMILES string of the molecule is COc1cccc(C(=O)O[C@@H](C)C(=O)c2c(C)[nH]c3ccccc23)c1O. The maximum absolute atomic E-state index is 12.8. The number of fused-ring (bicyclic) bond motifs is 1. The second-order valence-electron chi connectivity index (χ2n) is 5.94. The number of carbonyl (C=O) groups excluding carboxylic acids is 2. The summed E-state index contributed by atoms with van der Waals surface area (Å²) in [5, 5.41) is 10.8. The van der Waals surface area contributed by atoms with Crippen LogP contribution in [0.5, 0.6) is 11.5 Å². The van der Waals surface area contributed by atoms with Crippen molar-refractivity contribution < 1.29 is 24.2 Å². The van der Waals surface area contributed by atoms with Crippen molar-refractivity contribution in [2.45, 2.75) is 20.0 Å². The van der Waals surface area contributed by atoms with Crippen LogP contribution in [0.4, 0.5) is 0 Å². The van der Waals surface area contributed by atoms with E-state index in [1.807, 2.05) is 24.3 Å². The monoisotopic (exact) mass is 353 g/mol. The number of ketones is 1. The Balaban J connectivity index is 1.85. The standard InChI is InChI=1S/C20H19NO5/c1-11-17(13-7-4-5-9-15(13)21-11)18(22)12(2)26-20(24)14-8-6-10-16(25-3)19(14)23/h4-10,12,21,23H,1-3H3/t12-/m0/s1. The van der Waals surface area contributed by atoms with Crippen molar-refractivity contribution in [2.75, 3.05) is 7.11 Å². The molecule has 0 bridgehead atoms. The molecule has 2 aromatic carbocycles. The number of rotatable bonds is 5. The Morgan fingerprint density at radius 3 is 2.58 bits per heavy atom. The van der Waals surface area contributed by atoms with Crippen LogP contribution in [0.1, 0.15) is 33.3 Å². The summed E-state index contributed by atoms with van der Waals surface area (Å²) in [5.74, 6) is -1.26. The number of methoxy groups -OCH3 is 1. The molecule has 0 saturated carbocycles. The van der Waals surface area contributed by atoms with Gasteiger partial charge in [-0.2, -0.15) is 0 Å². The van der Waals surface area contributed by atoms with Gasteiger partial charge in [-0.15, -0.1) is 0 Å². The highest BCUT2D eigenvalue weighted by molar-refractivity contribution is 6.11. The molecule has 6 nitrogen and oxygen atoms in total. The minimum Gasteiger partial charge on any atom is -0.504 e. The average Bonchev–Trinajstić information content (AvgIpc) is 2.96. The largest absolute Gasteiger partial charge is 0.504 e. The highest BCUT2D eigenvalue weighted by Crippen LogP contribution is 2.30. The number of H-pyrrole nitrogens is 1. The number of para-hydroxylation sites is 2. The topological polar surface area (TPSA) is 88.6 Å². The number of hydrogen-bond acceptors (Lipinski definition) is 5. The minimum atomic E-state index is -1.01. The zero-order chi connectivity index (χ0) is 18.8. The zero-order valence-electron chi connectivity index (χ0n) is 14.7. The number of aryl methyl sites for hydroxylation is 1. The summed E-state index contributed by atoms with van der Waals surface area (Å²) in [6, 6.07) is 11.9. The van der Waals surface area contributed by atoms with E-state index in [1.165, 1.54) is 26.2 Å². The molecule has 1 heterocycles. The average molecular weight is 353 g/mol. The summed E-state index contributed by atoms with van der Waals surface area (Å²) in [7, 11) is 1.39. The van der Waals surface area contributed by atoms with Crippen molar-refractivity contribution in [1.82, 2.24) is 4.98 Å². The zero-order valence-corrected chi connectivity index (χ0v) is 14.7. The lowest BCUT2D eigenvalue weighted by Gasteiger charge is -2.14. The maximum Gasteiger partial charge on any atom is 0.342 e. The normalized spacial score (nSPS) is 12.0. The molecular formula is C20H19NO5. The Kier molecular flexibility index (Phi) is 4.67. The van der Waals surface area contributed by atoms with Crippen molar-refractivity contribution in [1.29, 1.82) is 0 Å². The van der Waals surface area contributed by atoms with Gasteiger partial charge in [0, 0.05) is 22.2 Å². The Morgan fingerprint density at radius 2 is 1.85 bits per heavy atom. The van der Waals surface area contributed by atoms with Gasteiger partial charge in [-0.25, -0.2) is 4.79 Å². The molecule has 26 heavy (non-hydrogen) atoms. The first-order valence-corrected chi connectivity index (χ1v) is 8.12. The molecule has 0 aliphatic rings. The molecule has 0 amide bonds. The summed E-state index contributed by atoms with van der Waals surface area (Å²) in [6.07, 6.45) is -1.01. The van der Waals surface area contributed by atoms with E-state index in [0.717, 1.165) is 10.9 Å². The number of esters is 1. The van der Waals surface area contributed by atoms with Gasteiger partial charge in [-0.05, 0) is 32.0 Å². The molecule has 3 rings (SSSR count). The van der Waals surface area contributed by atoms with Gasteiger partial charge in [-0.3, -0.25) is 4.79 Å². The predicted molar refractivity (Wildman–Crippen MR) is 96.9 cm³/mol. The smallest absolute Gasteiger partial charge is 0.342 e. The Hall–Kier alpha value is -3.28. The van der Waals surface area contributed by atoms with Crippen LogP contribution in [0.25, 0.3) is 10.9 Å². The lowest BCUT2D eigenvalue weighted by Crippen LogP contribution is -2.25. The first-order valence-electron chi connectivity index (χ1n) is 8.12. The van der Waals surface area contributed by atoms with Crippen LogP contribution in [0.15, 0.2) is 42.5 Å². The van der Waals surface area contributed by atoms with Crippen LogP contribution in [-0.2, 0) is 4.74 Å². The Bertz CT molecular complexity index is 989. The van der Waals surface area contributed by atoms with Crippen molar-refractivity contribution in [2.24, 2.45) is 0 Å². The van der Waals surface area contributed by atoms with Gasteiger partial charge in [0.15, 0.2) is 17.6 Å². The molecule has 1 aromatic heterocycles. The molecule has 2 N–H and O–H groups in total. The van der Waals surface area contributed by atoms with E-state index in [-0.39, 0.29) is 22.8 Å². The summed E-state index contributed by atoms with van der Waals surface area (Å²) in [6.45, 7) is 3.31.